The van der Waals surface area contributed by atoms with Crippen molar-refractivity contribution in [3.8, 4) is 0 Å². The number of amides is 1. The van der Waals surface area contributed by atoms with Crippen LogP contribution in [0.5, 0.6) is 0 Å². The average molecular weight is 267 g/mol. The van der Waals surface area contributed by atoms with E-state index in [-0.39, 0.29) is 11.3 Å². The van der Waals surface area contributed by atoms with E-state index < -0.39 is 0 Å². The third kappa shape index (κ3) is 3.93. The number of carbonyl (C=O) groups is 1. The SMILES string of the molecule is CN(CCNC(=O)C(C)(C)C1CCCNC1)C1CC1. The van der Waals surface area contributed by atoms with E-state index in [2.05, 4.69) is 36.4 Å². The summed E-state index contributed by atoms with van der Waals surface area (Å²) in [5, 5.41) is 6.53. The topological polar surface area (TPSA) is 44.4 Å². The molecule has 0 spiro atoms. The zero-order chi connectivity index (χ0) is 13.9. The maximum Gasteiger partial charge on any atom is 0.226 e. The molecule has 2 N–H and O–H groups in total. The van der Waals surface area contributed by atoms with E-state index in [1.54, 1.807) is 0 Å². The Bertz CT molecular complexity index is 307. The Morgan fingerprint density at radius 2 is 2.11 bits per heavy atom. The van der Waals surface area contributed by atoms with Gasteiger partial charge in [0.25, 0.3) is 0 Å². The third-order valence-electron chi connectivity index (χ3n) is 4.82. The average Bonchev–Trinajstić information content (AvgIpc) is 3.23. The monoisotopic (exact) mass is 267 g/mol. The predicted octanol–water partition coefficient (Wildman–Crippen LogP) is 1.22. The van der Waals surface area contributed by atoms with E-state index >= 15 is 0 Å². The number of hydrogen-bond acceptors (Lipinski definition) is 3. The normalized spacial score (nSPS) is 24.5. The molecule has 110 valence electrons. The van der Waals surface area contributed by atoms with Crippen molar-refractivity contribution in [3.05, 3.63) is 0 Å². The van der Waals surface area contributed by atoms with Gasteiger partial charge < -0.3 is 15.5 Å². The number of likely N-dealkylation sites (N-methyl/N-ethyl adjacent to an activating group) is 1. The van der Waals surface area contributed by atoms with Crippen molar-refractivity contribution in [3.63, 3.8) is 0 Å². The molecule has 1 aliphatic carbocycles. The molecule has 1 saturated heterocycles. The molecule has 0 bridgehead atoms. The maximum absolute atomic E-state index is 12.4. The van der Waals surface area contributed by atoms with Crippen LogP contribution in [0.2, 0.25) is 0 Å². The second-order valence-electron chi connectivity index (χ2n) is 6.73. The smallest absolute Gasteiger partial charge is 0.226 e. The zero-order valence-corrected chi connectivity index (χ0v) is 12.7. The lowest BCUT2D eigenvalue weighted by atomic mass is 9.74. The predicted molar refractivity (Wildman–Crippen MR) is 78.0 cm³/mol. The van der Waals surface area contributed by atoms with E-state index in [0.717, 1.165) is 38.6 Å². The molecule has 1 amide bonds. The van der Waals surface area contributed by atoms with Crippen LogP contribution in [-0.4, -0.2) is 50.1 Å². The lowest BCUT2D eigenvalue weighted by molar-refractivity contribution is -0.132. The van der Waals surface area contributed by atoms with Gasteiger partial charge in [0, 0.05) is 24.5 Å². The van der Waals surface area contributed by atoms with Crippen molar-refractivity contribution in [2.24, 2.45) is 11.3 Å². The maximum atomic E-state index is 12.4. The van der Waals surface area contributed by atoms with Crippen molar-refractivity contribution in [2.45, 2.75) is 45.6 Å². The van der Waals surface area contributed by atoms with Crippen LogP contribution in [0.3, 0.4) is 0 Å². The highest BCUT2D eigenvalue weighted by molar-refractivity contribution is 5.82. The zero-order valence-electron chi connectivity index (χ0n) is 12.7. The molecule has 1 heterocycles. The number of rotatable bonds is 6. The summed E-state index contributed by atoms with van der Waals surface area (Å²) in [5.41, 5.74) is -0.258. The number of nitrogens with one attached hydrogen (secondary N) is 2. The van der Waals surface area contributed by atoms with Crippen LogP contribution in [0.25, 0.3) is 0 Å². The standard InChI is InChI=1S/C15H29N3O/c1-15(2,12-5-4-8-16-11-12)14(19)17-9-10-18(3)13-6-7-13/h12-13,16H,4-11H2,1-3H3,(H,17,19). The lowest BCUT2D eigenvalue weighted by Crippen LogP contribution is -2.48. The first-order chi connectivity index (χ1) is 9.01. The van der Waals surface area contributed by atoms with E-state index in [0.29, 0.717) is 5.92 Å². The first kappa shape index (κ1) is 14.8. The van der Waals surface area contributed by atoms with Gasteiger partial charge >= 0.3 is 0 Å². The molecule has 2 aliphatic rings. The van der Waals surface area contributed by atoms with Gasteiger partial charge in [0.2, 0.25) is 5.91 Å². The number of nitrogens with zero attached hydrogens (tertiary/aromatic N) is 1. The largest absolute Gasteiger partial charge is 0.354 e. The number of hydrogen-bond donors (Lipinski definition) is 2. The summed E-state index contributed by atoms with van der Waals surface area (Å²) in [5.74, 6) is 0.674. The minimum Gasteiger partial charge on any atom is -0.354 e. The Hall–Kier alpha value is -0.610. The van der Waals surface area contributed by atoms with Gasteiger partial charge in [0.15, 0.2) is 0 Å². The minimum atomic E-state index is -0.258. The van der Waals surface area contributed by atoms with Gasteiger partial charge in [-0.2, -0.15) is 0 Å². The van der Waals surface area contributed by atoms with Gasteiger partial charge in [-0.05, 0) is 51.7 Å². The highest BCUT2D eigenvalue weighted by Gasteiger charge is 2.37. The Morgan fingerprint density at radius 1 is 1.37 bits per heavy atom. The molecular weight excluding hydrogens is 238 g/mol. The lowest BCUT2D eigenvalue weighted by Gasteiger charge is -2.36. The summed E-state index contributed by atoms with van der Waals surface area (Å²) in [6.45, 7) is 7.99. The highest BCUT2D eigenvalue weighted by atomic mass is 16.2. The van der Waals surface area contributed by atoms with Crippen molar-refractivity contribution in [1.82, 2.24) is 15.5 Å². The van der Waals surface area contributed by atoms with Crippen LogP contribution < -0.4 is 10.6 Å². The van der Waals surface area contributed by atoms with Crippen molar-refractivity contribution >= 4 is 5.91 Å². The molecule has 0 aromatic rings. The summed E-state index contributed by atoms with van der Waals surface area (Å²) in [7, 11) is 2.15. The molecule has 4 nitrogen and oxygen atoms in total. The summed E-state index contributed by atoms with van der Waals surface area (Å²) in [4.78, 5) is 14.7. The molecule has 2 rings (SSSR count). The van der Waals surface area contributed by atoms with E-state index in [9.17, 15) is 4.79 Å². The molecule has 19 heavy (non-hydrogen) atoms. The number of carbonyl (C=O) groups excluding carboxylic acids is 1. The molecule has 1 atom stereocenters. The first-order valence-electron chi connectivity index (χ1n) is 7.71. The van der Waals surface area contributed by atoms with Crippen LogP contribution in [0.15, 0.2) is 0 Å². The van der Waals surface area contributed by atoms with Crippen molar-refractivity contribution in [1.29, 1.82) is 0 Å². The fourth-order valence-electron chi connectivity index (χ4n) is 2.92. The molecular formula is C15H29N3O. The highest BCUT2D eigenvalue weighted by Crippen LogP contribution is 2.31. The van der Waals surface area contributed by atoms with Crippen molar-refractivity contribution in [2.75, 3.05) is 33.2 Å². The van der Waals surface area contributed by atoms with Crippen molar-refractivity contribution < 1.29 is 4.79 Å². The van der Waals surface area contributed by atoms with E-state index in [4.69, 9.17) is 0 Å². The molecule has 0 aromatic heterocycles. The summed E-state index contributed by atoms with van der Waals surface area (Å²) < 4.78 is 0. The Morgan fingerprint density at radius 3 is 2.68 bits per heavy atom. The molecule has 4 heteroatoms. The molecule has 0 aromatic carbocycles. The molecule has 2 fully saturated rings. The quantitative estimate of drug-likeness (QED) is 0.760. The second kappa shape index (κ2) is 6.23. The minimum absolute atomic E-state index is 0.213. The summed E-state index contributed by atoms with van der Waals surface area (Å²) in [6, 6.07) is 0.771. The Balaban J connectivity index is 1.73. The number of piperidine rings is 1. The van der Waals surface area contributed by atoms with Gasteiger partial charge in [-0.25, -0.2) is 0 Å². The molecule has 1 saturated carbocycles. The molecule has 0 radical (unpaired) electrons. The Kier molecular flexibility index (Phi) is 4.85. The third-order valence-corrected chi connectivity index (χ3v) is 4.82. The van der Waals surface area contributed by atoms with Crippen LogP contribution in [0, 0.1) is 11.3 Å². The van der Waals surface area contributed by atoms with Gasteiger partial charge in [0.1, 0.15) is 0 Å². The first-order valence-corrected chi connectivity index (χ1v) is 7.71. The van der Waals surface area contributed by atoms with Crippen LogP contribution in [-0.2, 0) is 4.79 Å². The fraction of sp³-hybridized carbons (Fsp3) is 0.933. The molecule has 1 aliphatic heterocycles. The van der Waals surface area contributed by atoms with E-state index in [1.807, 2.05) is 0 Å². The summed E-state index contributed by atoms with van der Waals surface area (Å²) in [6.07, 6.45) is 4.99. The van der Waals surface area contributed by atoms with Gasteiger partial charge in [-0.1, -0.05) is 13.8 Å². The van der Waals surface area contributed by atoms with Gasteiger partial charge in [-0.3, -0.25) is 4.79 Å². The van der Waals surface area contributed by atoms with Crippen LogP contribution in [0.4, 0.5) is 0 Å². The molecule has 1 unspecified atom stereocenters. The van der Waals surface area contributed by atoms with Gasteiger partial charge in [0.05, 0.1) is 0 Å². The van der Waals surface area contributed by atoms with Crippen LogP contribution in [0.1, 0.15) is 39.5 Å². The second-order valence-corrected chi connectivity index (χ2v) is 6.73. The van der Waals surface area contributed by atoms with Crippen LogP contribution >= 0.6 is 0 Å². The Labute approximate surface area is 117 Å². The fourth-order valence-corrected chi connectivity index (χ4v) is 2.92. The van der Waals surface area contributed by atoms with E-state index in [1.165, 1.54) is 19.3 Å². The van der Waals surface area contributed by atoms with Gasteiger partial charge in [-0.15, -0.1) is 0 Å². The summed E-state index contributed by atoms with van der Waals surface area (Å²) >= 11 is 0.